The molecule has 5 rings (SSSR count). The van der Waals surface area contributed by atoms with Crippen LogP contribution in [0, 0.1) is 0 Å². The molecular weight excluding hydrogens is 458 g/mol. The molecule has 6 nitrogen and oxygen atoms in total. The fourth-order valence-corrected chi connectivity index (χ4v) is 4.96. The van der Waals surface area contributed by atoms with Crippen LogP contribution < -0.4 is 4.74 Å². The number of ether oxygens (including phenoxy) is 2. The van der Waals surface area contributed by atoms with Crippen LogP contribution in [0.1, 0.15) is 5.69 Å². The number of hydrogen-bond acceptors (Lipinski definition) is 5. The van der Waals surface area contributed by atoms with Gasteiger partial charge in [0, 0.05) is 24.7 Å². The first-order valence-corrected chi connectivity index (χ1v) is 12.1. The second-order valence-electron chi connectivity index (χ2n) is 7.99. The van der Waals surface area contributed by atoms with E-state index in [1.807, 2.05) is 60.8 Å². The number of nitrogens with zero attached hydrogens (tertiary/aromatic N) is 3. The van der Waals surface area contributed by atoms with Gasteiger partial charge in [0.25, 0.3) is 5.91 Å². The topological polar surface area (TPSA) is 56.1 Å². The lowest BCUT2D eigenvalue weighted by atomic mass is 10.1. The Morgan fingerprint density at radius 2 is 1.74 bits per heavy atom. The third-order valence-corrected chi connectivity index (χ3v) is 6.78. The molecular formula is C28H25N3O3S. The molecule has 0 saturated carbocycles. The Labute approximate surface area is 208 Å². The number of rotatable bonds is 7. The van der Waals surface area contributed by atoms with Crippen molar-refractivity contribution in [2.45, 2.75) is 0 Å². The van der Waals surface area contributed by atoms with Gasteiger partial charge in [-0.3, -0.25) is 9.69 Å². The van der Waals surface area contributed by atoms with E-state index in [4.69, 9.17) is 14.5 Å². The maximum atomic E-state index is 13.3. The van der Waals surface area contributed by atoms with Gasteiger partial charge in [0.2, 0.25) is 0 Å². The Balaban J connectivity index is 1.48. The van der Waals surface area contributed by atoms with Crippen LogP contribution in [0.3, 0.4) is 0 Å². The Hall–Kier alpha value is -3.81. The van der Waals surface area contributed by atoms with Crippen LogP contribution in [0.5, 0.6) is 5.75 Å². The Morgan fingerprint density at radius 1 is 0.943 bits per heavy atom. The summed E-state index contributed by atoms with van der Waals surface area (Å²) in [5.41, 5.74) is 2.72. The van der Waals surface area contributed by atoms with Crippen LogP contribution >= 0.6 is 11.8 Å². The highest BCUT2D eigenvalue weighted by molar-refractivity contribution is 8.18. The predicted molar refractivity (Wildman–Crippen MR) is 143 cm³/mol. The molecule has 4 aromatic rings. The number of benzene rings is 3. The second-order valence-corrected chi connectivity index (χ2v) is 9.00. The molecule has 0 aliphatic carbocycles. The van der Waals surface area contributed by atoms with Crippen LogP contribution in [-0.2, 0) is 9.53 Å². The van der Waals surface area contributed by atoms with Gasteiger partial charge in [0.15, 0.2) is 5.17 Å². The van der Waals surface area contributed by atoms with E-state index in [0.29, 0.717) is 23.2 Å². The number of methoxy groups -OCH3 is 2. The largest absolute Gasteiger partial charge is 0.497 e. The summed E-state index contributed by atoms with van der Waals surface area (Å²) < 4.78 is 12.6. The Morgan fingerprint density at radius 3 is 2.51 bits per heavy atom. The van der Waals surface area contributed by atoms with Crippen LogP contribution in [0.2, 0.25) is 0 Å². The van der Waals surface area contributed by atoms with Gasteiger partial charge in [-0.1, -0.05) is 30.3 Å². The molecule has 35 heavy (non-hydrogen) atoms. The fraction of sp³-hybridized carbons (Fsp3) is 0.143. The third kappa shape index (κ3) is 4.87. The molecule has 3 aromatic carbocycles. The van der Waals surface area contributed by atoms with E-state index in [9.17, 15) is 4.79 Å². The highest BCUT2D eigenvalue weighted by Gasteiger charge is 2.33. The molecule has 0 atom stereocenters. The molecule has 0 bridgehead atoms. The van der Waals surface area contributed by atoms with E-state index >= 15 is 0 Å². The average molecular weight is 484 g/mol. The zero-order valence-electron chi connectivity index (χ0n) is 19.5. The van der Waals surface area contributed by atoms with Crippen molar-refractivity contribution in [3.05, 3.63) is 95.7 Å². The summed E-state index contributed by atoms with van der Waals surface area (Å²) in [6.45, 7) is 0.856. The van der Waals surface area contributed by atoms with Gasteiger partial charge in [-0.15, -0.1) is 0 Å². The normalized spacial score (nSPS) is 16.1. The summed E-state index contributed by atoms with van der Waals surface area (Å²) in [5, 5.41) is 2.99. The minimum absolute atomic E-state index is 0.0782. The van der Waals surface area contributed by atoms with Crippen LogP contribution in [0.4, 0.5) is 5.69 Å². The van der Waals surface area contributed by atoms with E-state index in [2.05, 4.69) is 34.9 Å². The number of hydrogen-bond donors (Lipinski definition) is 0. The van der Waals surface area contributed by atoms with Gasteiger partial charge in [-0.25, -0.2) is 4.99 Å². The van der Waals surface area contributed by atoms with Gasteiger partial charge in [-0.05, 0) is 77.1 Å². The zero-order valence-corrected chi connectivity index (χ0v) is 20.4. The van der Waals surface area contributed by atoms with E-state index in [1.165, 1.54) is 22.5 Å². The monoisotopic (exact) mass is 483 g/mol. The van der Waals surface area contributed by atoms with Crippen LogP contribution in [-0.4, -0.2) is 47.9 Å². The summed E-state index contributed by atoms with van der Waals surface area (Å²) in [5.74, 6) is 0.681. The predicted octanol–water partition coefficient (Wildman–Crippen LogP) is 5.89. The molecule has 0 N–H and O–H groups in total. The maximum Gasteiger partial charge on any atom is 0.266 e. The average Bonchev–Trinajstić information content (AvgIpc) is 3.47. The molecule has 0 radical (unpaired) electrons. The van der Waals surface area contributed by atoms with Gasteiger partial charge < -0.3 is 14.0 Å². The van der Waals surface area contributed by atoms with Crippen molar-refractivity contribution in [3.63, 3.8) is 0 Å². The number of amidine groups is 1. The smallest absolute Gasteiger partial charge is 0.266 e. The van der Waals surface area contributed by atoms with Crippen molar-refractivity contribution < 1.29 is 14.3 Å². The van der Waals surface area contributed by atoms with E-state index < -0.39 is 0 Å². The first kappa shape index (κ1) is 23.0. The summed E-state index contributed by atoms with van der Waals surface area (Å²) in [6, 6.07) is 26.1. The quantitative estimate of drug-likeness (QED) is 0.308. The minimum Gasteiger partial charge on any atom is -0.497 e. The molecule has 176 valence electrons. The summed E-state index contributed by atoms with van der Waals surface area (Å²) in [4.78, 5) is 20.4. The van der Waals surface area contributed by atoms with Crippen molar-refractivity contribution in [3.8, 4) is 11.4 Å². The minimum atomic E-state index is -0.0782. The number of fused-ring (bicyclic) bond motifs is 1. The molecule has 1 aliphatic heterocycles. The van der Waals surface area contributed by atoms with Crippen molar-refractivity contribution in [1.29, 1.82) is 0 Å². The molecule has 1 amide bonds. The van der Waals surface area contributed by atoms with Gasteiger partial charge >= 0.3 is 0 Å². The van der Waals surface area contributed by atoms with Crippen molar-refractivity contribution in [2.75, 3.05) is 27.4 Å². The van der Waals surface area contributed by atoms with Crippen molar-refractivity contribution >= 4 is 45.4 Å². The Kier molecular flexibility index (Phi) is 6.70. The van der Waals surface area contributed by atoms with Gasteiger partial charge in [-0.2, -0.15) is 0 Å². The first-order valence-electron chi connectivity index (χ1n) is 11.3. The highest BCUT2D eigenvalue weighted by Crippen LogP contribution is 2.35. The molecule has 1 fully saturated rings. The molecule has 2 heterocycles. The standard InChI is InChI=1S/C28H25N3O3S/c1-33-17-16-31-27(32)26(35-28(31)29-22-10-13-25(34-2)14-11-22)19-23-8-5-15-30(23)24-12-9-20-6-3-4-7-21(20)18-24/h3-15,18-19H,16-17H2,1-2H3/b26-19-,29-28?. The van der Waals surface area contributed by atoms with E-state index in [0.717, 1.165) is 22.8 Å². The summed E-state index contributed by atoms with van der Waals surface area (Å²) >= 11 is 1.37. The van der Waals surface area contributed by atoms with Crippen molar-refractivity contribution in [2.24, 2.45) is 4.99 Å². The van der Waals surface area contributed by atoms with Crippen LogP contribution in [0.25, 0.3) is 22.5 Å². The summed E-state index contributed by atoms with van der Waals surface area (Å²) in [6.07, 6.45) is 3.94. The third-order valence-electron chi connectivity index (χ3n) is 5.77. The van der Waals surface area contributed by atoms with E-state index in [1.54, 1.807) is 19.1 Å². The molecule has 7 heteroatoms. The highest BCUT2D eigenvalue weighted by atomic mass is 32.2. The second kappa shape index (κ2) is 10.2. The number of aromatic nitrogens is 1. The zero-order chi connectivity index (χ0) is 24.2. The lowest BCUT2D eigenvalue weighted by molar-refractivity contribution is -0.122. The summed E-state index contributed by atoms with van der Waals surface area (Å²) in [7, 11) is 3.25. The fourth-order valence-electron chi connectivity index (χ4n) is 3.95. The lowest BCUT2D eigenvalue weighted by Crippen LogP contribution is -2.32. The lowest BCUT2D eigenvalue weighted by Gasteiger charge is -2.14. The Bertz CT molecular complexity index is 1420. The molecule has 0 spiro atoms. The molecule has 1 aliphatic rings. The number of amides is 1. The van der Waals surface area contributed by atoms with Gasteiger partial charge in [0.05, 0.1) is 30.9 Å². The molecule has 1 aromatic heterocycles. The van der Waals surface area contributed by atoms with E-state index in [-0.39, 0.29) is 5.91 Å². The molecule has 1 saturated heterocycles. The number of aliphatic imine (C=N–C) groups is 1. The number of carbonyl (C=O) groups excluding carboxylic acids is 1. The number of carbonyl (C=O) groups is 1. The first-order chi connectivity index (χ1) is 17.2. The van der Waals surface area contributed by atoms with Gasteiger partial charge in [0.1, 0.15) is 5.75 Å². The molecule has 0 unspecified atom stereocenters. The maximum absolute atomic E-state index is 13.3. The van der Waals surface area contributed by atoms with Crippen molar-refractivity contribution in [1.82, 2.24) is 9.47 Å². The number of thioether (sulfide) groups is 1. The SMILES string of the molecule is COCCN1C(=O)/C(=C/c2cccn2-c2ccc3ccccc3c2)SC1=Nc1ccc(OC)cc1. The van der Waals surface area contributed by atoms with Crippen LogP contribution in [0.15, 0.2) is 95.0 Å².